The molecule has 35 heteroatoms. The van der Waals surface area contributed by atoms with Crippen LogP contribution < -0.4 is 31.9 Å². The minimum Gasteiger partial charge on any atom is -0.508 e. The molecule has 10 amide bonds. The maximum Gasteiger partial charge on any atom is 0.323 e. The number of carbonyl (C=O) groups excluding carboxylic acids is 16. The van der Waals surface area contributed by atoms with Crippen LogP contribution in [0.1, 0.15) is 102 Å². The molecule has 0 saturated heterocycles. The second-order valence-electron chi connectivity index (χ2n) is 20.4. The number of rotatable bonds is 50. The van der Waals surface area contributed by atoms with Crippen LogP contribution in [0.25, 0.3) is 0 Å². The van der Waals surface area contributed by atoms with Gasteiger partial charge in [-0.1, -0.05) is 12.1 Å². The Labute approximate surface area is 519 Å². The topological polar surface area (TPSA) is 528 Å². The fourth-order valence-corrected chi connectivity index (χ4v) is 7.89. The first-order valence-corrected chi connectivity index (χ1v) is 28.3. The second kappa shape index (κ2) is 43.3. The lowest BCUT2D eigenvalue weighted by molar-refractivity contribution is -0.146. The molecule has 11 N–H and O–H groups in total. The minimum atomic E-state index is -1.56. The molecular weight excluding hydrogens is 1210 g/mol. The number of Topliss-reactive ketones (excluding diaryl/α,β-unsaturated/α-hetero) is 6. The van der Waals surface area contributed by atoms with Crippen molar-refractivity contribution in [3.8, 4) is 5.75 Å². The third-order valence-electron chi connectivity index (χ3n) is 12.6. The summed E-state index contributed by atoms with van der Waals surface area (Å²) in [5, 5.41) is 60.4. The summed E-state index contributed by atoms with van der Waals surface area (Å²) >= 11 is 0. The highest BCUT2D eigenvalue weighted by Gasteiger charge is 2.27. The Kier molecular flexibility index (Phi) is 37.4. The van der Waals surface area contributed by atoms with E-state index in [4.69, 9.17) is 0 Å². The summed E-state index contributed by atoms with van der Waals surface area (Å²) in [6.07, 6.45) is -2.96. The Morgan fingerprint density at radius 3 is 1.23 bits per heavy atom. The maximum absolute atomic E-state index is 13.0. The number of benzene rings is 1. The van der Waals surface area contributed by atoms with E-state index in [-0.39, 0.29) is 50.2 Å². The number of amides is 10. The van der Waals surface area contributed by atoms with Crippen LogP contribution in [0.5, 0.6) is 5.75 Å². The summed E-state index contributed by atoms with van der Waals surface area (Å²) in [6.45, 7) is -8.91. The van der Waals surface area contributed by atoms with Crippen LogP contribution >= 0.6 is 0 Å². The summed E-state index contributed by atoms with van der Waals surface area (Å²) < 4.78 is 0. The van der Waals surface area contributed by atoms with Crippen molar-refractivity contribution in [2.75, 3.05) is 85.1 Å². The molecular formula is C56H76N10O25. The van der Waals surface area contributed by atoms with Gasteiger partial charge < -0.3 is 81.8 Å². The average Bonchev–Trinajstić information content (AvgIpc) is 3.69. The normalized spacial score (nSPS) is 10.8. The molecule has 1 aromatic carbocycles. The van der Waals surface area contributed by atoms with Crippen molar-refractivity contribution in [3.63, 3.8) is 0 Å². The number of aliphatic carboxylic acids is 4. The molecule has 1 atom stereocenters. The van der Waals surface area contributed by atoms with E-state index in [0.29, 0.717) is 50.8 Å². The molecule has 500 valence electrons. The molecule has 0 unspecified atom stereocenters. The zero-order chi connectivity index (χ0) is 68.6. The number of nitrogens with one attached hydrogen (secondary N) is 6. The zero-order valence-corrected chi connectivity index (χ0v) is 50.0. The van der Waals surface area contributed by atoms with Crippen molar-refractivity contribution < 1.29 is 121 Å². The minimum absolute atomic E-state index is 0.0249. The number of carboxylic acids is 4. The molecule has 91 heavy (non-hydrogen) atoms. The van der Waals surface area contributed by atoms with Gasteiger partial charge in [-0.25, -0.2) is 0 Å². The third kappa shape index (κ3) is 37.8. The van der Waals surface area contributed by atoms with Gasteiger partial charge in [-0.15, -0.1) is 0 Å². The molecule has 0 aliphatic rings. The quantitative estimate of drug-likeness (QED) is 0.0215. The standard InChI is InChI=1S/C56H76N10O25/c1-35(68)5-2-3-7-44(75)58-22-38(70)13-18-50(81)64(31-54(86)87)27-41(73)12-16-45(76)60-24-51(82)65(32-55(88)89)28-47(78)57-20-4-6-40(72)26-63(30-53(84)85)49(80)19-14-39(71)23-59-48(79)29-66(33-56(90)91)52(83)25-61-46(77)17-15-43(74)42(62-34-67)21-36-8-10-37(69)11-9-36/h8-11,34,42,69H,2-7,12-33H2,1H3,(H,57,78)(H,58,75)(H,59,79)(H,60,76)(H,61,77)(H,62,67)(H,84,85)(H,86,87)(H,88,89)(H,90,91)/t42-/m0/s1. The number of carbonyl (C=O) groups is 20. The van der Waals surface area contributed by atoms with Gasteiger partial charge in [0, 0.05) is 77.2 Å². The third-order valence-corrected chi connectivity index (χ3v) is 12.6. The Morgan fingerprint density at radius 1 is 0.396 bits per heavy atom. The first-order valence-electron chi connectivity index (χ1n) is 28.3. The Bertz CT molecular complexity index is 2840. The number of hydrogen-bond donors (Lipinski definition) is 11. The predicted octanol–water partition coefficient (Wildman–Crippen LogP) is -4.82. The zero-order valence-electron chi connectivity index (χ0n) is 50.0. The van der Waals surface area contributed by atoms with Gasteiger partial charge in [0.05, 0.1) is 45.3 Å². The fourth-order valence-electron chi connectivity index (χ4n) is 7.89. The molecule has 0 aliphatic carbocycles. The van der Waals surface area contributed by atoms with E-state index in [2.05, 4.69) is 31.9 Å². The van der Waals surface area contributed by atoms with Crippen LogP contribution in [0, 0.1) is 0 Å². The molecule has 35 nitrogen and oxygen atoms in total. The van der Waals surface area contributed by atoms with Gasteiger partial charge in [0.25, 0.3) is 0 Å². The number of unbranched alkanes of at least 4 members (excludes halogenated alkanes) is 1. The number of phenols is 1. The lowest BCUT2D eigenvalue weighted by Gasteiger charge is -2.21. The summed E-state index contributed by atoms with van der Waals surface area (Å²) in [4.78, 5) is 247. The fraction of sp³-hybridized carbons (Fsp3) is 0.536. The van der Waals surface area contributed by atoms with Gasteiger partial charge in [0.2, 0.25) is 59.6 Å². The van der Waals surface area contributed by atoms with Crippen LogP contribution in [0.15, 0.2) is 24.3 Å². The largest absolute Gasteiger partial charge is 0.508 e. The Hall–Kier alpha value is -10.4. The average molecular weight is 1290 g/mol. The Morgan fingerprint density at radius 2 is 0.780 bits per heavy atom. The molecule has 0 saturated carbocycles. The van der Waals surface area contributed by atoms with E-state index in [1.54, 1.807) is 0 Å². The monoisotopic (exact) mass is 1290 g/mol. The summed E-state index contributed by atoms with van der Waals surface area (Å²) in [6, 6.07) is 4.78. The van der Waals surface area contributed by atoms with Gasteiger partial charge in [-0.3, -0.25) is 91.1 Å². The molecule has 1 aromatic rings. The number of nitrogens with zero attached hydrogens (tertiary/aromatic N) is 4. The van der Waals surface area contributed by atoms with Crippen molar-refractivity contribution in [2.24, 2.45) is 0 Å². The number of phenolic OH excluding ortho intramolecular Hbond substituents is 1. The molecule has 0 fully saturated rings. The highest BCUT2D eigenvalue weighted by molar-refractivity contribution is 5.97. The lowest BCUT2D eigenvalue weighted by atomic mass is 9.99. The van der Waals surface area contributed by atoms with Crippen LogP contribution in [-0.2, 0) is 102 Å². The van der Waals surface area contributed by atoms with Crippen LogP contribution in [-0.4, -0.2) is 254 Å². The highest BCUT2D eigenvalue weighted by atomic mass is 16.4. The van der Waals surface area contributed by atoms with Gasteiger partial charge >= 0.3 is 23.9 Å². The first-order chi connectivity index (χ1) is 42.9. The number of aromatic hydroxyl groups is 1. The Balaban J connectivity index is 2.60. The number of ketones is 6. The summed E-state index contributed by atoms with van der Waals surface area (Å²) in [5.41, 5.74) is 0.590. The van der Waals surface area contributed by atoms with Crippen molar-refractivity contribution in [1.82, 2.24) is 51.5 Å². The van der Waals surface area contributed by atoms with E-state index in [0.717, 1.165) is 0 Å². The predicted molar refractivity (Wildman–Crippen MR) is 307 cm³/mol. The van der Waals surface area contributed by atoms with Crippen LogP contribution in [0.4, 0.5) is 0 Å². The molecule has 0 bridgehead atoms. The highest BCUT2D eigenvalue weighted by Crippen LogP contribution is 2.13. The number of carboxylic acid groups (broad SMARTS) is 4. The first kappa shape index (κ1) is 78.6. The molecule has 0 aliphatic heterocycles. The van der Waals surface area contributed by atoms with Crippen molar-refractivity contribution in [2.45, 2.75) is 109 Å². The van der Waals surface area contributed by atoms with E-state index < -0.39 is 235 Å². The molecule has 0 radical (unpaired) electrons. The van der Waals surface area contributed by atoms with Crippen LogP contribution in [0.3, 0.4) is 0 Å². The summed E-state index contributed by atoms with van der Waals surface area (Å²) in [5.74, 6) is -17.7. The summed E-state index contributed by atoms with van der Waals surface area (Å²) in [7, 11) is 0. The van der Waals surface area contributed by atoms with Gasteiger partial charge in [0.15, 0.2) is 28.9 Å². The van der Waals surface area contributed by atoms with E-state index in [9.17, 15) is 121 Å². The smallest absolute Gasteiger partial charge is 0.323 e. The van der Waals surface area contributed by atoms with E-state index >= 15 is 0 Å². The maximum atomic E-state index is 13.0. The van der Waals surface area contributed by atoms with Crippen molar-refractivity contribution in [1.29, 1.82) is 0 Å². The lowest BCUT2D eigenvalue weighted by Crippen LogP contribution is -2.47. The van der Waals surface area contributed by atoms with Gasteiger partial charge in [0.1, 0.15) is 50.8 Å². The molecule has 1 rings (SSSR count). The van der Waals surface area contributed by atoms with Crippen molar-refractivity contribution in [3.05, 3.63) is 29.8 Å². The SMILES string of the molecule is CC(=O)CCCCC(=O)NCC(=O)CCC(=O)N(CC(=O)O)CC(=O)CCC(=O)NCC(=O)N(CC(=O)O)CC(=O)NCCCC(=O)CN(CC(=O)O)C(=O)CCC(=O)CNC(=O)CN(CC(=O)O)C(=O)CNC(=O)CCC(=O)[C@H](Cc1ccc(O)cc1)NC=O. The van der Waals surface area contributed by atoms with Gasteiger partial charge in [-0.05, 0) is 50.3 Å². The van der Waals surface area contributed by atoms with Crippen molar-refractivity contribution >= 4 is 118 Å². The second-order valence-corrected chi connectivity index (χ2v) is 20.4. The van der Waals surface area contributed by atoms with E-state index in [1.165, 1.54) is 31.2 Å². The van der Waals surface area contributed by atoms with Gasteiger partial charge in [-0.2, -0.15) is 0 Å². The molecule has 0 aromatic heterocycles. The van der Waals surface area contributed by atoms with E-state index in [1.807, 2.05) is 0 Å². The molecule has 0 spiro atoms. The number of hydrogen-bond acceptors (Lipinski definition) is 21. The van der Waals surface area contributed by atoms with Crippen LogP contribution in [0.2, 0.25) is 0 Å². The molecule has 0 heterocycles.